The van der Waals surface area contributed by atoms with Gasteiger partial charge in [-0.15, -0.1) is 11.8 Å². The summed E-state index contributed by atoms with van der Waals surface area (Å²) in [7, 11) is 0. The van der Waals surface area contributed by atoms with Crippen LogP contribution in [0.15, 0.2) is 58.4 Å². The zero-order chi connectivity index (χ0) is 27.9. The van der Waals surface area contributed by atoms with Crippen molar-refractivity contribution in [3.8, 4) is 0 Å². The topological polar surface area (TPSA) is 117 Å². The largest absolute Gasteiger partial charge is 0.372 e. The number of hydrogen-bond acceptors (Lipinski definition) is 8. The van der Waals surface area contributed by atoms with Gasteiger partial charge in [-0.3, -0.25) is 29.4 Å². The summed E-state index contributed by atoms with van der Waals surface area (Å²) in [5, 5.41) is 12.1. The Bertz CT molecular complexity index is 1580. The zero-order valence-corrected chi connectivity index (χ0v) is 23.6. The van der Waals surface area contributed by atoms with Crippen molar-refractivity contribution >= 4 is 52.0 Å². The van der Waals surface area contributed by atoms with E-state index in [1.165, 1.54) is 40.5 Å². The van der Waals surface area contributed by atoms with Crippen molar-refractivity contribution in [3.63, 3.8) is 0 Å². The Hall–Kier alpha value is -3.44. The van der Waals surface area contributed by atoms with Gasteiger partial charge in [0.15, 0.2) is 0 Å². The number of aromatic amines is 1. The lowest BCUT2D eigenvalue weighted by atomic mass is 9.68. The first-order valence-electron chi connectivity index (χ1n) is 13.7. The van der Waals surface area contributed by atoms with E-state index < -0.39 is 16.8 Å². The fraction of sp³-hybridized carbons (Fsp3) is 0.414. The molecule has 2 aliphatic carbocycles. The second kappa shape index (κ2) is 9.31. The van der Waals surface area contributed by atoms with E-state index in [2.05, 4.69) is 48.0 Å². The van der Waals surface area contributed by atoms with Crippen molar-refractivity contribution in [3.05, 3.63) is 78.8 Å². The average Bonchev–Trinajstić information content (AvgIpc) is 3.68. The molecule has 3 aromatic rings. The quantitative estimate of drug-likeness (QED) is 0.253. The summed E-state index contributed by atoms with van der Waals surface area (Å²) in [5.41, 5.74) is 2.59. The van der Waals surface area contributed by atoms with Gasteiger partial charge in [-0.1, -0.05) is 23.5 Å². The summed E-state index contributed by atoms with van der Waals surface area (Å²) in [6.45, 7) is 6.10. The fourth-order valence-electron chi connectivity index (χ4n) is 7.85. The number of anilines is 2. The van der Waals surface area contributed by atoms with Crippen LogP contribution in [0.3, 0.4) is 0 Å². The van der Waals surface area contributed by atoms with Crippen molar-refractivity contribution in [2.45, 2.75) is 36.5 Å². The Morgan fingerprint density at radius 3 is 2.25 bits per heavy atom. The highest BCUT2D eigenvalue weighted by Crippen LogP contribution is 2.68. The molecule has 1 aromatic heterocycles. The minimum absolute atomic E-state index is 0.0183. The monoisotopic (exact) mass is 576 g/mol. The molecule has 0 radical (unpaired) electrons. The number of thiazole rings is 1. The van der Waals surface area contributed by atoms with Gasteiger partial charge in [0.05, 0.1) is 27.5 Å². The highest BCUT2D eigenvalue weighted by Gasteiger charge is 2.69. The van der Waals surface area contributed by atoms with Crippen LogP contribution in [0.2, 0.25) is 0 Å². The predicted octanol–water partition coefficient (Wildman–Crippen LogP) is 4.87. The third-order valence-electron chi connectivity index (χ3n) is 9.42. The molecule has 7 rings (SSSR count). The Morgan fingerprint density at radius 1 is 0.975 bits per heavy atom. The summed E-state index contributed by atoms with van der Waals surface area (Å²) in [6.07, 6.45) is 0.816. The lowest BCUT2D eigenvalue weighted by Gasteiger charge is -2.43. The van der Waals surface area contributed by atoms with Crippen LogP contribution in [-0.4, -0.2) is 40.1 Å². The first kappa shape index (κ1) is 25.5. The van der Waals surface area contributed by atoms with Crippen molar-refractivity contribution in [2.75, 3.05) is 22.9 Å². The highest BCUT2D eigenvalue weighted by atomic mass is 32.2. The van der Waals surface area contributed by atoms with E-state index in [0.29, 0.717) is 5.69 Å². The van der Waals surface area contributed by atoms with Crippen LogP contribution in [-0.2, 0) is 9.59 Å². The van der Waals surface area contributed by atoms with Crippen molar-refractivity contribution in [2.24, 2.45) is 29.6 Å². The van der Waals surface area contributed by atoms with Gasteiger partial charge in [-0.05, 0) is 67.9 Å². The molecular weight excluding hydrogens is 548 g/mol. The number of nitro benzene ring substituents is 1. The van der Waals surface area contributed by atoms with Crippen LogP contribution in [0.5, 0.6) is 0 Å². The molecule has 6 unspecified atom stereocenters. The number of nitrogens with zero attached hydrogens (tertiary/aromatic N) is 3. The Kier molecular flexibility index (Phi) is 5.94. The predicted molar refractivity (Wildman–Crippen MR) is 154 cm³/mol. The van der Waals surface area contributed by atoms with Gasteiger partial charge in [0, 0.05) is 47.0 Å². The molecule has 206 valence electrons. The van der Waals surface area contributed by atoms with Crippen molar-refractivity contribution < 1.29 is 14.5 Å². The summed E-state index contributed by atoms with van der Waals surface area (Å²) >= 11 is 2.93. The number of rotatable bonds is 6. The number of nitro groups is 1. The van der Waals surface area contributed by atoms with Gasteiger partial charge in [0.2, 0.25) is 11.8 Å². The van der Waals surface area contributed by atoms with Gasteiger partial charge >= 0.3 is 4.87 Å². The number of imide groups is 1. The van der Waals surface area contributed by atoms with Gasteiger partial charge in [-0.2, -0.15) is 0 Å². The first-order chi connectivity index (χ1) is 19.3. The van der Waals surface area contributed by atoms with E-state index in [4.69, 9.17) is 0 Å². The number of H-pyrrole nitrogens is 1. The SMILES string of the molecule is CCN(CC)c1ccc([C@H]2c3sc(=O)[nH]c3SC3C4CC(C5C(=O)N(c6ccc([N+](=O)[O-])cc6)C(=O)C45)C32)cc1. The van der Waals surface area contributed by atoms with Crippen LogP contribution in [0.1, 0.15) is 36.6 Å². The normalized spacial score (nSPS) is 29.9. The molecule has 4 aliphatic rings. The van der Waals surface area contributed by atoms with Crippen LogP contribution in [0.4, 0.5) is 17.1 Å². The number of hydrogen-bond donors (Lipinski definition) is 1. The van der Waals surface area contributed by atoms with Crippen LogP contribution < -0.4 is 14.7 Å². The molecule has 2 aromatic carbocycles. The number of amides is 2. The minimum Gasteiger partial charge on any atom is -0.372 e. The van der Waals surface area contributed by atoms with Crippen LogP contribution >= 0.6 is 23.1 Å². The summed E-state index contributed by atoms with van der Waals surface area (Å²) in [4.78, 5) is 58.3. The van der Waals surface area contributed by atoms with E-state index >= 15 is 0 Å². The molecule has 1 N–H and O–H groups in total. The molecule has 11 heteroatoms. The molecule has 0 spiro atoms. The van der Waals surface area contributed by atoms with Gasteiger partial charge in [0.25, 0.3) is 5.69 Å². The lowest BCUT2D eigenvalue weighted by Crippen LogP contribution is -2.42. The Balaban J connectivity index is 1.26. The maximum absolute atomic E-state index is 13.9. The number of aromatic nitrogens is 1. The standard InChI is InChI=1S/C29H28N4O5S2/c1-3-31(4-2)15-7-5-14(6-8-15)20-21-18-13-19(24(21)39-26-25(20)40-29(36)30-26)23-22(18)27(34)32(28(23)35)16-9-11-17(12-10-16)33(37)38/h5-12,18-24H,3-4,13H2,1-2H3,(H,30,36)/t18?,19?,20-,21?,22?,23?,24?/m1/s1. The summed E-state index contributed by atoms with van der Waals surface area (Å²) in [6, 6.07) is 14.3. The molecule has 3 fully saturated rings. The molecule has 40 heavy (non-hydrogen) atoms. The third kappa shape index (κ3) is 3.56. The number of carbonyl (C=O) groups is 2. The van der Waals surface area contributed by atoms with E-state index in [1.807, 2.05) is 0 Å². The van der Waals surface area contributed by atoms with Crippen LogP contribution in [0.25, 0.3) is 0 Å². The molecule has 1 saturated heterocycles. The number of carbonyl (C=O) groups excluding carboxylic acids is 2. The smallest absolute Gasteiger partial charge is 0.305 e. The van der Waals surface area contributed by atoms with Crippen molar-refractivity contribution in [1.82, 2.24) is 4.98 Å². The lowest BCUT2D eigenvalue weighted by molar-refractivity contribution is -0.384. The molecule has 2 bridgehead atoms. The number of benzene rings is 2. The maximum Gasteiger partial charge on any atom is 0.305 e. The number of nitrogens with one attached hydrogen (secondary N) is 1. The molecule has 2 amide bonds. The van der Waals surface area contributed by atoms with Gasteiger partial charge in [0.1, 0.15) is 0 Å². The molecule has 9 nitrogen and oxygen atoms in total. The first-order valence-corrected chi connectivity index (χ1v) is 15.4. The number of fused-ring (bicyclic) bond motifs is 9. The molecule has 2 saturated carbocycles. The second-order valence-electron chi connectivity index (χ2n) is 11.0. The number of non-ortho nitro benzene ring substituents is 1. The van der Waals surface area contributed by atoms with Crippen LogP contribution in [0, 0.1) is 39.7 Å². The third-order valence-corrected chi connectivity index (χ3v) is 12.0. The molecule has 3 heterocycles. The Morgan fingerprint density at radius 2 is 1.62 bits per heavy atom. The molecular formula is C29H28N4O5S2. The van der Waals surface area contributed by atoms with E-state index in [9.17, 15) is 24.5 Å². The number of thioether (sulfide) groups is 1. The highest BCUT2D eigenvalue weighted by molar-refractivity contribution is 8.00. The molecule has 2 aliphatic heterocycles. The zero-order valence-electron chi connectivity index (χ0n) is 22.0. The second-order valence-corrected chi connectivity index (χ2v) is 13.2. The average molecular weight is 577 g/mol. The van der Waals surface area contributed by atoms with E-state index in [-0.39, 0.29) is 51.3 Å². The van der Waals surface area contributed by atoms with Gasteiger partial charge < -0.3 is 9.88 Å². The molecule has 7 atom stereocenters. The fourth-order valence-corrected chi connectivity index (χ4v) is 10.7. The Labute approximate surface area is 238 Å². The van der Waals surface area contributed by atoms with E-state index in [1.54, 1.807) is 11.8 Å². The maximum atomic E-state index is 13.9. The summed E-state index contributed by atoms with van der Waals surface area (Å²) < 4.78 is 0. The summed E-state index contributed by atoms with van der Waals surface area (Å²) in [5.74, 6) is -1.08. The van der Waals surface area contributed by atoms with Crippen molar-refractivity contribution in [1.29, 1.82) is 0 Å². The minimum atomic E-state index is -0.494. The van der Waals surface area contributed by atoms with E-state index in [0.717, 1.165) is 40.7 Å². The van der Waals surface area contributed by atoms with Gasteiger partial charge in [-0.25, -0.2) is 0 Å².